The van der Waals surface area contributed by atoms with E-state index in [1.165, 1.54) is 0 Å². The Balaban J connectivity index is 2.40. The van der Waals surface area contributed by atoms with Crippen molar-refractivity contribution in [2.75, 3.05) is 7.11 Å². The summed E-state index contributed by atoms with van der Waals surface area (Å²) in [6.45, 7) is 3.73. The van der Waals surface area contributed by atoms with Crippen LogP contribution in [0.3, 0.4) is 0 Å². The van der Waals surface area contributed by atoms with E-state index in [4.69, 9.17) is 4.74 Å². The smallest absolute Gasteiger partial charge is 0.124 e. The monoisotopic (exact) mass is 338 g/mol. The van der Waals surface area contributed by atoms with Gasteiger partial charge in [0.1, 0.15) is 5.75 Å². The van der Waals surface area contributed by atoms with E-state index < -0.39 is 5.60 Å². The second-order valence-electron chi connectivity index (χ2n) is 5.12. The number of ether oxygens (including phenoxy) is 1. The Hall–Kier alpha value is -1.33. The number of halogens is 1. The van der Waals surface area contributed by atoms with Crippen LogP contribution < -0.4 is 4.74 Å². The first-order valence-corrected chi connectivity index (χ1v) is 7.20. The normalized spacial score (nSPS) is 14.1. The molecule has 0 saturated carbocycles. The molecule has 1 unspecified atom stereocenters. The topological polar surface area (TPSA) is 47.3 Å². The van der Waals surface area contributed by atoms with Gasteiger partial charge in [-0.3, -0.25) is 4.68 Å². The molecular weight excluding hydrogens is 320 g/mol. The predicted octanol–water partition coefficient (Wildman–Crippen LogP) is 2.95. The SMILES string of the molecule is COc1ccccc1C(C)(O)Cc1c(Br)c(C)nn1C. The first kappa shape index (κ1) is 15.1. The van der Waals surface area contributed by atoms with E-state index in [-0.39, 0.29) is 0 Å². The number of hydrogen-bond donors (Lipinski definition) is 1. The molecule has 0 amide bonds. The first-order valence-electron chi connectivity index (χ1n) is 6.40. The highest BCUT2D eigenvalue weighted by Crippen LogP contribution is 2.34. The van der Waals surface area contributed by atoms with Gasteiger partial charge in [-0.2, -0.15) is 5.10 Å². The summed E-state index contributed by atoms with van der Waals surface area (Å²) in [6, 6.07) is 7.53. The van der Waals surface area contributed by atoms with E-state index in [0.29, 0.717) is 12.2 Å². The summed E-state index contributed by atoms with van der Waals surface area (Å²) in [5.74, 6) is 0.688. The van der Waals surface area contributed by atoms with E-state index in [2.05, 4.69) is 21.0 Å². The van der Waals surface area contributed by atoms with Crippen molar-refractivity contribution in [2.45, 2.75) is 25.9 Å². The summed E-state index contributed by atoms with van der Waals surface area (Å²) in [6.07, 6.45) is 0.450. The lowest BCUT2D eigenvalue weighted by Gasteiger charge is -2.26. The molecule has 108 valence electrons. The Morgan fingerprint density at radius 2 is 2.05 bits per heavy atom. The Kier molecular flexibility index (Phi) is 4.20. The van der Waals surface area contributed by atoms with Crippen molar-refractivity contribution in [1.29, 1.82) is 0 Å². The summed E-state index contributed by atoms with van der Waals surface area (Å²) in [7, 11) is 3.49. The number of rotatable bonds is 4. The number of aromatic nitrogens is 2. The number of aliphatic hydroxyl groups is 1. The maximum Gasteiger partial charge on any atom is 0.124 e. The van der Waals surface area contributed by atoms with Gasteiger partial charge in [0.05, 0.1) is 28.6 Å². The largest absolute Gasteiger partial charge is 0.496 e. The van der Waals surface area contributed by atoms with Crippen LogP contribution in [0.25, 0.3) is 0 Å². The van der Waals surface area contributed by atoms with E-state index in [9.17, 15) is 5.11 Å². The third-order valence-corrected chi connectivity index (χ3v) is 4.49. The first-order chi connectivity index (χ1) is 9.36. The van der Waals surface area contributed by atoms with Crippen molar-refractivity contribution in [1.82, 2.24) is 9.78 Å². The maximum atomic E-state index is 10.9. The van der Waals surface area contributed by atoms with E-state index in [1.807, 2.05) is 38.2 Å². The number of aryl methyl sites for hydroxylation is 2. The molecule has 0 aliphatic heterocycles. The zero-order chi connectivity index (χ0) is 14.9. The molecule has 0 aliphatic rings. The molecule has 2 rings (SSSR count). The van der Waals surface area contributed by atoms with Crippen LogP contribution in [-0.4, -0.2) is 22.0 Å². The van der Waals surface area contributed by atoms with Gasteiger partial charge >= 0.3 is 0 Å². The van der Waals surface area contributed by atoms with Gasteiger partial charge in [0.15, 0.2) is 0 Å². The second kappa shape index (κ2) is 5.58. The minimum atomic E-state index is -1.03. The summed E-state index contributed by atoms with van der Waals surface area (Å²) in [4.78, 5) is 0. The van der Waals surface area contributed by atoms with Crippen LogP contribution in [0.4, 0.5) is 0 Å². The molecule has 0 spiro atoms. The highest BCUT2D eigenvalue weighted by atomic mass is 79.9. The van der Waals surface area contributed by atoms with Crippen LogP contribution in [0.1, 0.15) is 23.9 Å². The quantitative estimate of drug-likeness (QED) is 0.932. The van der Waals surface area contributed by atoms with Crippen LogP contribution in [0.5, 0.6) is 5.75 Å². The van der Waals surface area contributed by atoms with Crippen LogP contribution in [-0.2, 0) is 19.1 Å². The number of benzene rings is 1. The molecule has 0 fully saturated rings. The van der Waals surface area contributed by atoms with Crippen molar-refractivity contribution in [3.8, 4) is 5.75 Å². The number of nitrogens with zero attached hydrogens (tertiary/aromatic N) is 2. The van der Waals surface area contributed by atoms with Gasteiger partial charge in [-0.05, 0) is 35.8 Å². The predicted molar refractivity (Wildman–Crippen MR) is 81.9 cm³/mol. The van der Waals surface area contributed by atoms with E-state index in [0.717, 1.165) is 21.4 Å². The fourth-order valence-corrected chi connectivity index (χ4v) is 2.86. The molecular formula is C15H19BrN2O2. The van der Waals surface area contributed by atoms with Gasteiger partial charge in [-0.15, -0.1) is 0 Å². The maximum absolute atomic E-state index is 10.9. The molecule has 20 heavy (non-hydrogen) atoms. The minimum Gasteiger partial charge on any atom is -0.496 e. The molecule has 5 heteroatoms. The highest BCUT2D eigenvalue weighted by Gasteiger charge is 2.29. The number of hydrogen-bond acceptors (Lipinski definition) is 3. The molecule has 0 bridgehead atoms. The number of methoxy groups -OCH3 is 1. The van der Waals surface area contributed by atoms with Crippen molar-refractivity contribution in [3.63, 3.8) is 0 Å². The Morgan fingerprint density at radius 1 is 1.40 bits per heavy atom. The molecule has 2 aromatic rings. The Bertz CT molecular complexity index is 620. The van der Waals surface area contributed by atoms with Gasteiger partial charge < -0.3 is 9.84 Å². The summed E-state index contributed by atoms with van der Waals surface area (Å²) >= 11 is 3.54. The lowest BCUT2D eigenvalue weighted by atomic mass is 9.90. The van der Waals surface area contributed by atoms with Crippen LogP contribution >= 0.6 is 15.9 Å². The highest BCUT2D eigenvalue weighted by molar-refractivity contribution is 9.10. The summed E-state index contributed by atoms with van der Waals surface area (Å²) < 4.78 is 8.08. The van der Waals surface area contributed by atoms with E-state index in [1.54, 1.807) is 18.7 Å². The van der Waals surface area contributed by atoms with Crippen LogP contribution in [0.2, 0.25) is 0 Å². The van der Waals surface area contributed by atoms with Crippen molar-refractivity contribution >= 4 is 15.9 Å². The third-order valence-electron chi connectivity index (χ3n) is 3.46. The molecule has 0 radical (unpaired) electrons. The summed E-state index contributed by atoms with van der Waals surface area (Å²) in [5.41, 5.74) is 1.61. The molecule has 1 N–H and O–H groups in total. The van der Waals surface area contributed by atoms with Gasteiger partial charge in [-0.1, -0.05) is 18.2 Å². The van der Waals surface area contributed by atoms with Crippen LogP contribution in [0, 0.1) is 6.92 Å². The molecule has 1 aromatic carbocycles. The summed E-state index contributed by atoms with van der Waals surface area (Å²) in [5, 5.41) is 15.2. The van der Waals surface area contributed by atoms with Crippen molar-refractivity contribution < 1.29 is 9.84 Å². The zero-order valence-electron chi connectivity index (χ0n) is 12.1. The van der Waals surface area contributed by atoms with Gasteiger partial charge in [-0.25, -0.2) is 0 Å². The minimum absolute atomic E-state index is 0.450. The molecule has 1 aromatic heterocycles. The lowest BCUT2D eigenvalue weighted by molar-refractivity contribution is 0.0528. The van der Waals surface area contributed by atoms with Crippen LogP contribution in [0.15, 0.2) is 28.7 Å². The number of para-hydroxylation sites is 1. The third kappa shape index (κ3) is 2.74. The Labute approximate surface area is 127 Å². The standard InChI is InChI=1S/C15H19BrN2O2/c1-10-14(16)12(18(3)17-10)9-15(2,19)11-7-5-6-8-13(11)20-4/h5-8,19H,9H2,1-4H3. The van der Waals surface area contributed by atoms with E-state index >= 15 is 0 Å². The second-order valence-corrected chi connectivity index (χ2v) is 5.91. The molecule has 1 atom stereocenters. The van der Waals surface area contributed by atoms with Crippen molar-refractivity contribution in [2.24, 2.45) is 7.05 Å². The zero-order valence-corrected chi connectivity index (χ0v) is 13.7. The van der Waals surface area contributed by atoms with Gasteiger partial charge in [0, 0.05) is 19.0 Å². The average molecular weight is 339 g/mol. The van der Waals surface area contributed by atoms with Gasteiger partial charge in [0.2, 0.25) is 0 Å². The fraction of sp³-hybridized carbons (Fsp3) is 0.400. The molecule has 0 saturated heterocycles. The molecule has 0 aliphatic carbocycles. The Morgan fingerprint density at radius 3 is 2.60 bits per heavy atom. The lowest BCUT2D eigenvalue weighted by Crippen LogP contribution is -2.26. The van der Waals surface area contributed by atoms with Crippen molar-refractivity contribution in [3.05, 3.63) is 45.7 Å². The fourth-order valence-electron chi connectivity index (χ4n) is 2.38. The molecule has 4 nitrogen and oxygen atoms in total. The average Bonchev–Trinajstić information content (AvgIpc) is 2.65. The van der Waals surface area contributed by atoms with Gasteiger partial charge in [0.25, 0.3) is 0 Å². The molecule has 1 heterocycles.